The Morgan fingerprint density at radius 2 is 0.923 bits per heavy atom. The van der Waals surface area contributed by atoms with Crippen LogP contribution in [0.1, 0.15) is 27.7 Å². The Morgan fingerprint density at radius 3 is 0.923 bits per heavy atom. The Morgan fingerprint density at radius 1 is 0.769 bits per heavy atom. The standard InChI is InChI=1S/C8H20N.BrO3/c1-5-9(6-2,7-3)8-4;2-1(3)4/h5-8H2,1-4H3;/q+1;-1. The van der Waals surface area contributed by atoms with Crippen LogP contribution >= 0.6 is 0 Å². The van der Waals surface area contributed by atoms with Crippen LogP contribution in [-0.4, -0.2) is 30.7 Å². The van der Waals surface area contributed by atoms with E-state index in [1.165, 1.54) is 30.7 Å². The fourth-order valence-corrected chi connectivity index (χ4v) is 1.34. The highest BCUT2D eigenvalue weighted by Crippen LogP contribution is 2.03. The van der Waals surface area contributed by atoms with E-state index in [1.807, 2.05) is 0 Å². The molecule has 0 aliphatic rings. The van der Waals surface area contributed by atoms with Gasteiger partial charge in [-0.3, -0.25) is 0 Å². The highest BCUT2D eigenvalue weighted by molar-refractivity contribution is 4.31. The van der Waals surface area contributed by atoms with Crippen molar-refractivity contribution in [2.24, 2.45) is 0 Å². The van der Waals surface area contributed by atoms with E-state index in [0.717, 1.165) is 0 Å². The van der Waals surface area contributed by atoms with Gasteiger partial charge in [-0.25, -0.2) is 0 Å². The molecule has 5 heteroatoms. The van der Waals surface area contributed by atoms with Gasteiger partial charge in [0.2, 0.25) is 14.8 Å². The fraction of sp³-hybridized carbons (Fsp3) is 1.00. The third-order valence-electron chi connectivity index (χ3n) is 2.68. The smallest absolute Gasteiger partial charge is 0.216 e. The van der Waals surface area contributed by atoms with Gasteiger partial charge in [-0.1, -0.05) is 0 Å². The van der Waals surface area contributed by atoms with Crippen molar-refractivity contribution in [3.63, 3.8) is 0 Å². The van der Waals surface area contributed by atoms with E-state index in [-0.39, 0.29) is 0 Å². The minimum atomic E-state index is -3.65. The van der Waals surface area contributed by atoms with Crippen LogP contribution in [0.25, 0.3) is 0 Å². The van der Waals surface area contributed by atoms with Crippen molar-refractivity contribution in [2.75, 3.05) is 26.2 Å². The summed E-state index contributed by atoms with van der Waals surface area (Å²) >= 11 is -3.65. The van der Waals surface area contributed by atoms with Crippen LogP contribution in [0.15, 0.2) is 0 Å². The molecule has 0 aromatic rings. The zero-order chi connectivity index (χ0) is 10.9. The zero-order valence-electron chi connectivity index (χ0n) is 8.88. The largest absolute Gasteiger partial charge is 0.405 e. The van der Waals surface area contributed by atoms with Gasteiger partial charge in [0.15, 0.2) is 0 Å². The quantitative estimate of drug-likeness (QED) is 0.565. The third-order valence-corrected chi connectivity index (χ3v) is 2.68. The van der Waals surface area contributed by atoms with Gasteiger partial charge in [0.25, 0.3) is 0 Å². The number of hydrogen-bond donors (Lipinski definition) is 0. The molecule has 0 atom stereocenters. The van der Waals surface area contributed by atoms with Gasteiger partial charge in [0.05, 0.1) is 26.2 Å². The van der Waals surface area contributed by atoms with Crippen LogP contribution < -0.4 is 12.6 Å². The van der Waals surface area contributed by atoms with Gasteiger partial charge in [0, 0.05) is 0 Å². The lowest BCUT2D eigenvalue weighted by Gasteiger charge is -2.34. The number of hydrogen-bond acceptors (Lipinski definition) is 3. The molecular weight excluding hydrogens is 238 g/mol. The van der Waals surface area contributed by atoms with Crippen LogP contribution in [0, 0.1) is 14.8 Å². The summed E-state index contributed by atoms with van der Waals surface area (Å²) in [6, 6.07) is 0. The van der Waals surface area contributed by atoms with Crippen molar-refractivity contribution >= 4 is 0 Å². The Bertz CT molecular complexity index is 87.3. The summed E-state index contributed by atoms with van der Waals surface area (Å²) in [6.45, 7) is 14.2. The first-order valence-electron chi connectivity index (χ1n) is 4.56. The molecule has 0 N–H and O–H groups in total. The van der Waals surface area contributed by atoms with Crippen molar-refractivity contribution in [1.82, 2.24) is 0 Å². The SMILES string of the molecule is CC[N+](CC)(CC)CC.[O-][Br+2]([O-])[O-]. The molecule has 0 aliphatic carbocycles. The maximum atomic E-state index is 8.52. The highest BCUT2D eigenvalue weighted by Gasteiger charge is 2.16. The Labute approximate surface area is 86.2 Å². The molecule has 0 radical (unpaired) electrons. The first-order chi connectivity index (χ1) is 5.97. The van der Waals surface area contributed by atoms with E-state index in [2.05, 4.69) is 27.7 Å². The summed E-state index contributed by atoms with van der Waals surface area (Å²) in [5.41, 5.74) is 0. The van der Waals surface area contributed by atoms with E-state index >= 15 is 0 Å². The second-order valence-corrected chi connectivity index (χ2v) is 3.59. The number of rotatable bonds is 4. The highest BCUT2D eigenvalue weighted by atomic mass is 80.0. The lowest BCUT2D eigenvalue weighted by Crippen LogP contribution is -2.47. The molecule has 0 saturated carbocycles. The van der Waals surface area contributed by atoms with Crippen LogP contribution in [-0.2, 0) is 0 Å². The van der Waals surface area contributed by atoms with Crippen molar-refractivity contribution in [2.45, 2.75) is 27.7 Å². The predicted octanol–water partition coefficient (Wildman–Crippen LogP) is -1.68. The monoisotopic (exact) mass is 257 g/mol. The first kappa shape index (κ1) is 15.8. The first-order valence-corrected chi connectivity index (χ1v) is 6.50. The average molecular weight is 258 g/mol. The molecule has 0 saturated heterocycles. The molecule has 0 spiro atoms. The zero-order valence-corrected chi connectivity index (χ0v) is 10.5. The van der Waals surface area contributed by atoms with E-state index in [4.69, 9.17) is 12.6 Å². The molecule has 0 aliphatic heterocycles. The maximum Gasteiger partial charge on any atom is 0.216 e. The molecule has 0 aromatic carbocycles. The van der Waals surface area contributed by atoms with Crippen molar-refractivity contribution in [1.29, 1.82) is 0 Å². The minimum absolute atomic E-state index is 1.28. The summed E-state index contributed by atoms with van der Waals surface area (Å²) < 4.78 is 26.8. The normalized spacial score (nSPS) is 11.1. The van der Waals surface area contributed by atoms with Crippen LogP contribution in [0.3, 0.4) is 0 Å². The summed E-state index contributed by atoms with van der Waals surface area (Å²) in [4.78, 5) is 0. The molecule has 82 valence electrons. The number of quaternary nitrogens is 1. The molecule has 0 amide bonds. The Balaban J connectivity index is 0. The molecule has 0 heterocycles. The Kier molecular flexibility index (Phi) is 10.8. The fourth-order valence-electron chi connectivity index (χ4n) is 1.34. The number of nitrogens with zero attached hydrogens (tertiary/aromatic N) is 1. The van der Waals surface area contributed by atoms with E-state index in [1.54, 1.807) is 0 Å². The van der Waals surface area contributed by atoms with E-state index in [9.17, 15) is 0 Å². The molecule has 13 heavy (non-hydrogen) atoms. The lowest BCUT2D eigenvalue weighted by molar-refractivity contribution is -1.73. The topological polar surface area (TPSA) is 69.2 Å². The average Bonchev–Trinajstić information content (AvgIpc) is 2.09. The van der Waals surface area contributed by atoms with Crippen molar-refractivity contribution in [3.8, 4) is 0 Å². The number of halogens is 1. The lowest BCUT2D eigenvalue weighted by atomic mass is 10.3. The third kappa shape index (κ3) is 8.64. The second-order valence-electron chi connectivity index (χ2n) is 2.80. The molecule has 4 nitrogen and oxygen atoms in total. The van der Waals surface area contributed by atoms with Crippen LogP contribution in [0.4, 0.5) is 0 Å². The van der Waals surface area contributed by atoms with Gasteiger partial charge in [-0.2, -0.15) is 0 Å². The van der Waals surface area contributed by atoms with Gasteiger partial charge >= 0.3 is 0 Å². The molecule has 0 fully saturated rings. The summed E-state index contributed by atoms with van der Waals surface area (Å²) in [5.74, 6) is 0. The molecule has 0 bridgehead atoms. The van der Waals surface area contributed by atoms with Crippen LogP contribution in [0.2, 0.25) is 0 Å². The van der Waals surface area contributed by atoms with Crippen molar-refractivity contribution < 1.29 is 31.9 Å². The van der Waals surface area contributed by atoms with Gasteiger partial charge in [-0.05, 0) is 27.7 Å². The van der Waals surface area contributed by atoms with E-state index < -0.39 is 14.8 Å². The molecule has 0 aromatic heterocycles. The molecule has 0 rings (SSSR count). The van der Waals surface area contributed by atoms with Crippen molar-refractivity contribution in [3.05, 3.63) is 0 Å². The van der Waals surface area contributed by atoms with E-state index in [0.29, 0.717) is 0 Å². The predicted molar refractivity (Wildman–Crippen MR) is 42.4 cm³/mol. The Hall–Kier alpha value is 0.320. The summed E-state index contributed by atoms with van der Waals surface area (Å²) in [7, 11) is 0. The molecule has 0 unspecified atom stereocenters. The molecular formula is C8H20BrNO3. The minimum Gasteiger partial charge on any atom is -0.405 e. The van der Waals surface area contributed by atoms with Gasteiger partial charge in [-0.15, -0.1) is 0 Å². The summed E-state index contributed by atoms with van der Waals surface area (Å²) in [5, 5.41) is 0. The second kappa shape index (κ2) is 8.90. The van der Waals surface area contributed by atoms with Gasteiger partial charge < -0.3 is 17.1 Å². The summed E-state index contributed by atoms with van der Waals surface area (Å²) in [6.07, 6.45) is 0. The van der Waals surface area contributed by atoms with Crippen LogP contribution in [0.5, 0.6) is 0 Å². The van der Waals surface area contributed by atoms with Gasteiger partial charge in [0.1, 0.15) is 0 Å². The maximum absolute atomic E-state index is 8.52.